The Bertz CT molecular complexity index is 458. The molecule has 2 aliphatic rings. The lowest BCUT2D eigenvalue weighted by molar-refractivity contribution is 0.0976. The van der Waals surface area contributed by atoms with Crippen LogP contribution in [0.5, 0.6) is 0 Å². The summed E-state index contributed by atoms with van der Waals surface area (Å²) in [6.07, 6.45) is 7.99. The van der Waals surface area contributed by atoms with E-state index in [1.54, 1.807) is 0 Å². The highest BCUT2D eigenvalue weighted by molar-refractivity contribution is 5.29. The number of nitrogens with zero attached hydrogens (tertiary/aromatic N) is 2. The average Bonchev–Trinajstić information content (AvgIpc) is 2.79. The van der Waals surface area contributed by atoms with Crippen LogP contribution >= 0.6 is 0 Å². The molecule has 0 spiro atoms. The number of rotatable bonds is 3. The number of likely N-dealkylation sites (tertiary alicyclic amines) is 1. The van der Waals surface area contributed by atoms with Crippen molar-refractivity contribution in [3.63, 3.8) is 0 Å². The van der Waals surface area contributed by atoms with Crippen molar-refractivity contribution >= 4 is 0 Å². The fourth-order valence-corrected chi connectivity index (χ4v) is 3.83. The van der Waals surface area contributed by atoms with Crippen LogP contribution in [0.25, 0.3) is 0 Å². The lowest BCUT2D eigenvalue weighted by Gasteiger charge is -2.34. The molecule has 3 heteroatoms. The molecule has 1 aromatic rings. The molecule has 1 atom stereocenters. The van der Waals surface area contributed by atoms with Gasteiger partial charge in [-0.1, -0.05) is 20.3 Å². The van der Waals surface area contributed by atoms with Gasteiger partial charge < -0.3 is 14.6 Å². The highest BCUT2D eigenvalue weighted by Crippen LogP contribution is 2.41. The lowest BCUT2D eigenvalue weighted by atomic mass is 9.75. The molecule has 0 aromatic carbocycles. The van der Waals surface area contributed by atoms with Gasteiger partial charge in [0.2, 0.25) is 0 Å². The van der Waals surface area contributed by atoms with Crippen molar-refractivity contribution in [2.24, 2.45) is 5.41 Å². The molecule has 1 saturated heterocycles. The van der Waals surface area contributed by atoms with Crippen LogP contribution in [-0.4, -0.2) is 34.2 Å². The van der Waals surface area contributed by atoms with E-state index in [-0.39, 0.29) is 11.5 Å². The second-order valence-electron chi connectivity index (χ2n) is 7.37. The predicted octanol–water partition coefficient (Wildman–Crippen LogP) is 2.98. The predicted molar refractivity (Wildman–Crippen MR) is 81.8 cm³/mol. The standard InChI is InChI=1S/C17H28N2O/c1-17(2)12-15-14(16(20)13-17)6-9-19(15)11-10-18-7-4-3-5-8-18/h6,9,16,20H,3-5,7-8,10-13H2,1-2H3. The summed E-state index contributed by atoms with van der Waals surface area (Å²) in [5.74, 6) is 0. The summed E-state index contributed by atoms with van der Waals surface area (Å²) >= 11 is 0. The number of hydrogen-bond acceptors (Lipinski definition) is 2. The minimum atomic E-state index is -0.273. The smallest absolute Gasteiger partial charge is 0.0812 e. The SMILES string of the molecule is CC1(C)Cc2c(ccn2CCN2CCCCC2)C(O)C1. The van der Waals surface area contributed by atoms with Crippen LogP contribution in [0.4, 0.5) is 0 Å². The summed E-state index contributed by atoms with van der Waals surface area (Å²) in [6.45, 7) is 9.27. The van der Waals surface area contributed by atoms with Crippen molar-refractivity contribution in [2.75, 3.05) is 19.6 Å². The number of hydrogen-bond donors (Lipinski definition) is 1. The Morgan fingerprint density at radius 1 is 1.20 bits per heavy atom. The van der Waals surface area contributed by atoms with E-state index in [0.717, 1.165) is 25.9 Å². The fourth-order valence-electron chi connectivity index (χ4n) is 3.83. The largest absolute Gasteiger partial charge is 0.388 e. The van der Waals surface area contributed by atoms with Gasteiger partial charge in [-0.3, -0.25) is 0 Å². The Labute approximate surface area is 122 Å². The first-order chi connectivity index (χ1) is 9.55. The highest BCUT2D eigenvalue weighted by Gasteiger charge is 2.33. The zero-order valence-electron chi connectivity index (χ0n) is 12.9. The molecule has 0 amide bonds. The summed E-state index contributed by atoms with van der Waals surface area (Å²) in [5, 5.41) is 10.3. The molecule has 0 radical (unpaired) electrons. The summed E-state index contributed by atoms with van der Waals surface area (Å²) in [6, 6.07) is 2.13. The van der Waals surface area contributed by atoms with Gasteiger partial charge in [-0.05, 0) is 50.3 Å². The molecule has 1 aliphatic heterocycles. The first-order valence-electron chi connectivity index (χ1n) is 8.13. The van der Waals surface area contributed by atoms with Gasteiger partial charge >= 0.3 is 0 Å². The Hall–Kier alpha value is -0.800. The third kappa shape index (κ3) is 2.94. The van der Waals surface area contributed by atoms with Crippen molar-refractivity contribution in [2.45, 2.75) is 58.6 Å². The zero-order chi connectivity index (χ0) is 14.2. The molecule has 0 saturated carbocycles. The summed E-state index contributed by atoms with van der Waals surface area (Å²) in [7, 11) is 0. The van der Waals surface area contributed by atoms with Crippen LogP contribution in [0.15, 0.2) is 12.3 Å². The minimum Gasteiger partial charge on any atom is -0.388 e. The van der Waals surface area contributed by atoms with Crippen LogP contribution in [0.2, 0.25) is 0 Å². The summed E-state index contributed by atoms with van der Waals surface area (Å²) in [5.41, 5.74) is 2.75. The number of aliphatic hydroxyl groups excluding tert-OH is 1. The Kier molecular flexibility index (Phi) is 3.91. The van der Waals surface area contributed by atoms with Gasteiger partial charge in [0.15, 0.2) is 0 Å². The topological polar surface area (TPSA) is 28.4 Å². The van der Waals surface area contributed by atoms with E-state index < -0.39 is 0 Å². The van der Waals surface area contributed by atoms with Crippen LogP contribution in [-0.2, 0) is 13.0 Å². The number of aromatic nitrogens is 1. The van der Waals surface area contributed by atoms with Crippen molar-refractivity contribution < 1.29 is 5.11 Å². The van der Waals surface area contributed by atoms with Gasteiger partial charge in [-0.25, -0.2) is 0 Å². The molecule has 0 bridgehead atoms. The minimum absolute atomic E-state index is 0.216. The molecule has 20 heavy (non-hydrogen) atoms. The molecule has 1 unspecified atom stereocenters. The van der Waals surface area contributed by atoms with Crippen molar-refractivity contribution in [3.05, 3.63) is 23.5 Å². The van der Waals surface area contributed by atoms with Crippen LogP contribution in [0.3, 0.4) is 0 Å². The molecule has 2 heterocycles. The monoisotopic (exact) mass is 276 g/mol. The summed E-state index contributed by atoms with van der Waals surface area (Å²) < 4.78 is 2.38. The Balaban J connectivity index is 1.69. The first-order valence-corrected chi connectivity index (χ1v) is 8.13. The highest BCUT2D eigenvalue weighted by atomic mass is 16.3. The maximum atomic E-state index is 10.3. The first kappa shape index (κ1) is 14.2. The van der Waals surface area contributed by atoms with Crippen LogP contribution in [0.1, 0.15) is 56.9 Å². The van der Waals surface area contributed by atoms with Gasteiger partial charge in [-0.2, -0.15) is 0 Å². The van der Waals surface area contributed by atoms with E-state index in [1.165, 1.54) is 43.6 Å². The van der Waals surface area contributed by atoms with Gasteiger partial charge in [0.1, 0.15) is 0 Å². The molecular formula is C17H28N2O. The zero-order valence-corrected chi connectivity index (χ0v) is 12.9. The maximum Gasteiger partial charge on any atom is 0.0812 e. The Morgan fingerprint density at radius 3 is 2.70 bits per heavy atom. The molecule has 1 N–H and O–H groups in total. The van der Waals surface area contributed by atoms with Crippen molar-refractivity contribution in [3.8, 4) is 0 Å². The summed E-state index contributed by atoms with van der Waals surface area (Å²) in [4.78, 5) is 2.58. The molecule has 112 valence electrons. The normalized spacial score (nSPS) is 26.4. The van der Waals surface area contributed by atoms with E-state index in [2.05, 4.69) is 35.6 Å². The third-order valence-electron chi connectivity index (χ3n) is 4.97. The molecule has 3 nitrogen and oxygen atoms in total. The number of aliphatic hydroxyl groups is 1. The fraction of sp³-hybridized carbons (Fsp3) is 0.765. The van der Waals surface area contributed by atoms with Crippen LogP contribution in [0, 0.1) is 5.41 Å². The average molecular weight is 276 g/mol. The molecule has 1 aromatic heterocycles. The Morgan fingerprint density at radius 2 is 1.95 bits per heavy atom. The third-order valence-corrected chi connectivity index (χ3v) is 4.97. The van der Waals surface area contributed by atoms with Gasteiger partial charge in [0.25, 0.3) is 0 Å². The van der Waals surface area contributed by atoms with E-state index in [4.69, 9.17) is 0 Å². The van der Waals surface area contributed by atoms with E-state index in [9.17, 15) is 5.11 Å². The molecule has 1 aliphatic carbocycles. The van der Waals surface area contributed by atoms with Gasteiger partial charge in [0.05, 0.1) is 6.10 Å². The number of fused-ring (bicyclic) bond motifs is 1. The van der Waals surface area contributed by atoms with Gasteiger partial charge in [-0.15, -0.1) is 0 Å². The molecule has 1 fully saturated rings. The quantitative estimate of drug-likeness (QED) is 0.919. The second-order valence-corrected chi connectivity index (χ2v) is 7.37. The lowest BCUT2D eigenvalue weighted by Crippen LogP contribution is -2.33. The van der Waals surface area contributed by atoms with Gasteiger partial charge in [0, 0.05) is 30.5 Å². The van der Waals surface area contributed by atoms with E-state index in [0.29, 0.717) is 0 Å². The number of piperidine rings is 1. The van der Waals surface area contributed by atoms with Crippen molar-refractivity contribution in [1.82, 2.24) is 9.47 Å². The second kappa shape index (κ2) is 5.53. The molecule has 3 rings (SSSR count). The van der Waals surface area contributed by atoms with E-state index in [1.807, 2.05) is 0 Å². The maximum absolute atomic E-state index is 10.3. The molecular weight excluding hydrogens is 248 g/mol. The van der Waals surface area contributed by atoms with Crippen molar-refractivity contribution in [1.29, 1.82) is 0 Å². The van der Waals surface area contributed by atoms with Crippen LogP contribution < -0.4 is 0 Å². The van der Waals surface area contributed by atoms with E-state index >= 15 is 0 Å².